The first-order valence-electron chi connectivity index (χ1n) is 48.3. The zero-order valence-electron chi connectivity index (χ0n) is 83.2. The molecule has 0 atom stereocenters. The molecule has 0 spiro atoms. The second-order valence-electron chi connectivity index (χ2n) is 40.0. The Morgan fingerprint density at radius 1 is 0.235 bits per heavy atom. The summed E-state index contributed by atoms with van der Waals surface area (Å²) in [5, 5.41) is 9.75. The molecular weight excluding hydrogens is 1660 g/mol. The lowest BCUT2D eigenvalue weighted by atomic mass is 9.92. The molecular formula is C124H120N12+4. The number of fused-ring (bicyclic) bond motifs is 32. The van der Waals surface area contributed by atoms with Crippen LogP contribution in [0.2, 0.25) is 0 Å². The van der Waals surface area contributed by atoms with Gasteiger partial charge in [0.25, 0.3) is 22.6 Å². The van der Waals surface area contributed by atoms with Crippen LogP contribution in [0.4, 0.5) is 0 Å². The Hall–Kier alpha value is -14.9. The fourth-order valence-electron chi connectivity index (χ4n) is 23.3. The van der Waals surface area contributed by atoms with Gasteiger partial charge in [-0.25, -0.2) is 18.3 Å². The maximum Gasteiger partial charge on any atom is 0.297 e. The van der Waals surface area contributed by atoms with Gasteiger partial charge in [-0.05, 0) is 350 Å². The van der Waals surface area contributed by atoms with Crippen molar-refractivity contribution in [2.45, 2.75) is 151 Å². The molecule has 0 N–H and O–H groups in total. The molecule has 12 aromatic heterocycles. The van der Waals surface area contributed by atoms with Gasteiger partial charge in [-0.3, -0.25) is 19.9 Å². The van der Waals surface area contributed by atoms with E-state index in [0.29, 0.717) is 11.8 Å². The van der Waals surface area contributed by atoms with Gasteiger partial charge in [0.2, 0.25) is 0 Å². The molecule has 0 aliphatic rings. The monoisotopic (exact) mass is 1780 g/mol. The maximum absolute atomic E-state index is 5.19. The van der Waals surface area contributed by atoms with E-state index in [2.05, 4.69) is 457 Å². The van der Waals surface area contributed by atoms with E-state index in [1.54, 1.807) is 0 Å². The van der Waals surface area contributed by atoms with Crippen molar-refractivity contribution in [1.82, 2.24) is 37.5 Å². The van der Waals surface area contributed by atoms with Gasteiger partial charge < -0.3 is 0 Å². The molecule has 12 nitrogen and oxygen atoms in total. The van der Waals surface area contributed by atoms with Gasteiger partial charge in [-0.2, -0.15) is 17.6 Å². The van der Waals surface area contributed by atoms with E-state index in [4.69, 9.17) is 19.9 Å². The van der Waals surface area contributed by atoms with Crippen LogP contribution in [0.5, 0.6) is 0 Å². The highest BCUT2D eigenvalue weighted by molar-refractivity contribution is 6.20. The predicted molar refractivity (Wildman–Crippen MR) is 570 cm³/mol. The molecule has 24 aromatic rings. The molecule has 0 saturated carbocycles. The molecule has 0 fully saturated rings. The van der Waals surface area contributed by atoms with Crippen LogP contribution < -0.4 is 18.3 Å². The number of aryl methyl sites for hydroxylation is 20. The third-order valence-electron chi connectivity index (χ3n) is 28.8. The van der Waals surface area contributed by atoms with Crippen LogP contribution >= 0.6 is 0 Å². The van der Waals surface area contributed by atoms with E-state index in [1.807, 2.05) is 0 Å². The summed E-state index contributed by atoms with van der Waals surface area (Å²) in [6.45, 7) is 44.1. The molecule has 12 aromatic carbocycles. The van der Waals surface area contributed by atoms with Crippen molar-refractivity contribution in [2.75, 3.05) is 0 Å². The third kappa shape index (κ3) is 14.3. The van der Waals surface area contributed by atoms with E-state index < -0.39 is 0 Å². The lowest BCUT2D eigenvalue weighted by molar-refractivity contribution is -0.617. The van der Waals surface area contributed by atoms with Crippen molar-refractivity contribution in [1.29, 1.82) is 0 Å². The van der Waals surface area contributed by atoms with Crippen molar-refractivity contribution in [3.63, 3.8) is 0 Å². The van der Waals surface area contributed by atoms with Crippen molar-refractivity contribution >= 4 is 154 Å². The molecule has 0 amide bonds. The first-order chi connectivity index (χ1) is 65.4. The van der Waals surface area contributed by atoms with Crippen molar-refractivity contribution in [3.8, 4) is 44.5 Å². The first-order valence-corrected chi connectivity index (χ1v) is 48.3. The summed E-state index contributed by atoms with van der Waals surface area (Å²) in [5.74, 6) is 1.22. The number of pyridine rings is 8. The molecule has 0 aliphatic heterocycles. The van der Waals surface area contributed by atoms with Gasteiger partial charge in [0.05, 0.1) is 82.6 Å². The number of nitrogens with zero attached hydrogens (tertiary/aromatic N) is 12. The Morgan fingerprint density at radius 3 is 1.08 bits per heavy atom. The molecule has 12 heterocycles. The number of benzene rings is 12. The smallest absolute Gasteiger partial charge is 0.252 e. The second kappa shape index (κ2) is 33.6. The Morgan fingerprint density at radius 2 is 0.610 bits per heavy atom. The zero-order chi connectivity index (χ0) is 94.9. The molecule has 0 unspecified atom stereocenters. The van der Waals surface area contributed by atoms with Gasteiger partial charge in [0, 0.05) is 33.5 Å². The van der Waals surface area contributed by atoms with Gasteiger partial charge >= 0.3 is 0 Å². The summed E-state index contributed by atoms with van der Waals surface area (Å²) in [5.41, 5.74) is 56.5. The SMILES string of the molecule is Cc1cc(C)c2c(n1)c1cc(-c3c(C)cccc3C)ccc1n1c3cc(CC(C)C)c(CC(C)C)cc3[n+](C)c21.Cc1cc(C)c2c(n1)c1ccc(-c3c(C)cccc3C)cc1n1c3ccccc3[n+](C)c21.Cc1cc(C)cc(-c2cccc3c2c2nc(C)cc(C)c2c2n3c3ccccc3[n+]2C)c1.Cc1ccc(C)c(-c2cccc3c2c2nc(C)cc(C)c2c2n3c3ccccc3[n+]2C)c1. The number of aromatic nitrogens is 12. The summed E-state index contributed by atoms with van der Waals surface area (Å²) in [6, 6.07) is 93.6. The largest absolute Gasteiger partial charge is 0.297 e. The lowest BCUT2D eigenvalue weighted by Crippen LogP contribution is -2.28. The highest BCUT2D eigenvalue weighted by Crippen LogP contribution is 2.45. The highest BCUT2D eigenvalue weighted by atomic mass is 15.1. The quantitative estimate of drug-likeness (QED) is 0.112. The highest BCUT2D eigenvalue weighted by Gasteiger charge is 2.34. The number of hydrogen-bond donors (Lipinski definition) is 0. The molecule has 0 bridgehead atoms. The number of imidazole rings is 4. The predicted octanol–water partition coefficient (Wildman–Crippen LogP) is 28.5. The first kappa shape index (κ1) is 87.8. The molecule has 24 rings (SSSR count). The fraction of sp³-hybridized carbons (Fsp3) is 0.226. The molecule has 136 heavy (non-hydrogen) atoms. The maximum atomic E-state index is 5.19. The Labute approximate surface area is 795 Å². The van der Waals surface area contributed by atoms with Crippen LogP contribution in [0.25, 0.3) is 198 Å². The Bertz CT molecular complexity index is 9180. The van der Waals surface area contributed by atoms with E-state index in [0.717, 1.165) is 57.7 Å². The molecule has 0 saturated heterocycles. The average Bonchev–Trinajstić information content (AvgIpc) is 1.31. The third-order valence-corrected chi connectivity index (χ3v) is 28.8. The lowest BCUT2D eigenvalue weighted by Gasteiger charge is -2.14. The van der Waals surface area contributed by atoms with Gasteiger partial charge in [-0.15, -0.1) is 0 Å². The van der Waals surface area contributed by atoms with E-state index in [-0.39, 0.29) is 0 Å². The van der Waals surface area contributed by atoms with Crippen LogP contribution in [0.1, 0.15) is 128 Å². The van der Waals surface area contributed by atoms with Crippen LogP contribution in [0, 0.1) is 123 Å². The van der Waals surface area contributed by atoms with E-state index >= 15 is 0 Å². The standard InChI is InChI=1S/C37H42N3.3C29H26N3/c1-21(2)15-28-19-32-33(20-29(28)16-22(3)4)40-31-14-13-27(34-23(5)11-10-12-24(34)6)18-30(31)36-35(37(40)39(32)9)25(7)17-26(8)38-36;1-17-9-8-10-18(2)26(17)21-13-14-22-25(16-21)32-24-12-7-6-11-23(24)31(5)29(32)27-19(3)15-20(4)30-28(22)27;1-17-13-18(2)15-21(14-17)22-9-8-12-25-27(22)28-26(19(3)16-20(4)30-28)29-31(5)23-10-6-7-11-24(23)32(25)29;1-17-13-14-18(2)22(15-17)21-9-8-12-25-27(21)28-26(19(3)16-20(4)30-28)29-31(5)23-10-6-7-11-24(23)32(25)29/h10-14,17-22H,15-16H2,1-9H3;3*6-16H,1-5H3/q4*+1. The van der Waals surface area contributed by atoms with Crippen LogP contribution in [0.3, 0.4) is 0 Å². The minimum Gasteiger partial charge on any atom is -0.252 e. The van der Waals surface area contributed by atoms with Crippen molar-refractivity contribution in [3.05, 3.63) is 355 Å². The average molecular weight is 1780 g/mol. The van der Waals surface area contributed by atoms with Crippen LogP contribution in [0.15, 0.2) is 255 Å². The fourth-order valence-corrected chi connectivity index (χ4v) is 23.3. The summed E-state index contributed by atoms with van der Waals surface area (Å²) >= 11 is 0. The Balaban J connectivity index is 0.000000109. The minimum atomic E-state index is 0.607. The Kier molecular flexibility index (Phi) is 21.7. The van der Waals surface area contributed by atoms with Crippen molar-refractivity contribution in [2.24, 2.45) is 40.0 Å². The van der Waals surface area contributed by atoms with E-state index in [1.165, 1.54) is 254 Å². The number of hydrogen-bond acceptors (Lipinski definition) is 4. The summed E-state index contributed by atoms with van der Waals surface area (Å²) in [4.78, 5) is 20.5. The second-order valence-corrected chi connectivity index (χ2v) is 40.0. The topological polar surface area (TPSA) is 84.7 Å². The normalized spacial score (nSPS) is 12.0. The number of para-hydroxylation sites is 6. The van der Waals surface area contributed by atoms with Gasteiger partial charge in [-0.1, -0.05) is 190 Å². The summed E-state index contributed by atoms with van der Waals surface area (Å²) in [7, 11) is 8.72. The van der Waals surface area contributed by atoms with Crippen LogP contribution in [-0.2, 0) is 41.0 Å². The number of rotatable bonds is 8. The van der Waals surface area contributed by atoms with Gasteiger partial charge in [0.1, 0.15) is 22.1 Å². The van der Waals surface area contributed by atoms with Crippen molar-refractivity contribution < 1.29 is 18.3 Å². The van der Waals surface area contributed by atoms with Crippen LogP contribution in [-0.4, -0.2) is 37.5 Å². The molecule has 12 heteroatoms. The molecule has 0 aliphatic carbocycles. The molecule has 672 valence electrons. The van der Waals surface area contributed by atoms with Gasteiger partial charge in [0.15, 0.2) is 44.1 Å². The molecule has 0 radical (unpaired) electrons. The van der Waals surface area contributed by atoms with E-state index in [9.17, 15) is 0 Å². The zero-order valence-corrected chi connectivity index (χ0v) is 83.2. The minimum absolute atomic E-state index is 0.607. The summed E-state index contributed by atoms with van der Waals surface area (Å²) < 4.78 is 19.1. The summed E-state index contributed by atoms with van der Waals surface area (Å²) in [6.07, 6.45) is 2.20.